The van der Waals surface area contributed by atoms with E-state index in [1.54, 1.807) is 36.4 Å². The van der Waals surface area contributed by atoms with Gasteiger partial charge in [0, 0.05) is 6.42 Å². The fraction of sp³-hybridized carbons (Fsp3) is 0.222. The van der Waals surface area contributed by atoms with Gasteiger partial charge in [-0.3, -0.25) is 9.59 Å². The molecular weight excluding hydrogens is 432 g/mol. The molecule has 1 aromatic heterocycles. The van der Waals surface area contributed by atoms with Crippen molar-refractivity contribution >= 4 is 18.0 Å². The number of nitrogens with zero attached hydrogens (tertiary/aromatic N) is 1. The Bertz CT molecular complexity index is 1190. The third-order valence-electron chi connectivity index (χ3n) is 4.90. The van der Waals surface area contributed by atoms with E-state index in [9.17, 15) is 14.9 Å². The summed E-state index contributed by atoms with van der Waals surface area (Å²) in [5.74, 6) is 0.931. The van der Waals surface area contributed by atoms with Crippen LogP contribution in [0.15, 0.2) is 70.9 Å². The maximum atomic E-state index is 12.2. The zero-order chi connectivity index (χ0) is 24.3. The molecule has 1 heterocycles. The van der Waals surface area contributed by atoms with Gasteiger partial charge in [-0.2, -0.15) is 5.26 Å². The van der Waals surface area contributed by atoms with Gasteiger partial charge in [-0.25, -0.2) is 0 Å². The molecule has 34 heavy (non-hydrogen) atoms. The van der Waals surface area contributed by atoms with Gasteiger partial charge < -0.3 is 19.2 Å². The summed E-state index contributed by atoms with van der Waals surface area (Å²) in [5, 5.41) is 11.9. The van der Waals surface area contributed by atoms with E-state index >= 15 is 0 Å². The number of hydrogen-bond acceptors (Lipinski definition) is 6. The predicted molar refractivity (Wildman–Crippen MR) is 127 cm³/mol. The summed E-state index contributed by atoms with van der Waals surface area (Å²) in [6.45, 7) is 4.62. The van der Waals surface area contributed by atoms with E-state index in [1.807, 2.05) is 32.0 Å². The van der Waals surface area contributed by atoms with Gasteiger partial charge in [-0.15, -0.1) is 0 Å². The van der Waals surface area contributed by atoms with E-state index in [0.29, 0.717) is 30.1 Å². The van der Waals surface area contributed by atoms with Crippen LogP contribution in [0.3, 0.4) is 0 Å². The molecule has 1 N–H and O–H groups in total. The summed E-state index contributed by atoms with van der Waals surface area (Å²) in [6, 6.07) is 17.9. The fourth-order valence-electron chi connectivity index (χ4n) is 3.17. The number of nitrogens with one attached hydrogen (secondary N) is 1. The van der Waals surface area contributed by atoms with Gasteiger partial charge in [0.2, 0.25) is 0 Å². The first-order valence-corrected chi connectivity index (χ1v) is 10.9. The maximum Gasteiger partial charge on any atom is 0.311 e. The molecule has 0 radical (unpaired) electrons. The first-order chi connectivity index (χ1) is 16.4. The Morgan fingerprint density at radius 1 is 1.12 bits per heavy atom. The van der Waals surface area contributed by atoms with E-state index in [1.165, 1.54) is 17.9 Å². The predicted octanol–water partition coefficient (Wildman–Crippen LogP) is 4.88. The Morgan fingerprint density at radius 3 is 2.59 bits per heavy atom. The summed E-state index contributed by atoms with van der Waals surface area (Å²) in [7, 11) is 0. The maximum absolute atomic E-state index is 12.2. The summed E-state index contributed by atoms with van der Waals surface area (Å²) < 4.78 is 16.2. The van der Waals surface area contributed by atoms with Crippen molar-refractivity contribution in [2.24, 2.45) is 0 Å². The number of amides is 1. The third kappa shape index (κ3) is 7.38. The Morgan fingerprint density at radius 2 is 1.91 bits per heavy atom. The largest absolute Gasteiger partial charge is 0.493 e. The molecule has 1 amide bonds. The zero-order valence-corrected chi connectivity index (χ0v) is 19.2. The topological polar surface area (TPSA) is 102 Å². The van der Waals surface area contributed by atoms with Crippen LogP contribution in [0, 0.1) is 25.2 Å². The molecular formula is C27H26N2O5. The molecule has 7 nitrogen and oxygen atoms in total. The molecule has 0 aliphatic heterocycles. The zero-order valence-electron chi connectivity index (χ0n) is 19.2. The van der Waals surface area contributed by atoms with E-state index in [-0.39, 0.29) is 24.5 Å². The van der Waals surface area contributed by atoms with Gasteiger partial charge in [0.1, 0.15) is 28.9 Å². The molecule has 0 fully saturated rings. The minimum atomic E-state index is -0.502. The summed E-state index contributed by atoms with van der Waals surface area (Å²) in [4.78, 5) is 24.3. The average molecular weight is 459 g/mol. The fourth-order valence-corrected chi connectivity index (χ4v) is 3.17. The molecule has 0 spiro atoms. The Kier molecular flexibility index (Phi) is 8.64. The highest BCUT2D eigenvalue weighted by Gasteiger charge is 2.10. The number of nitriles is 1. The molecule has 0 saturated heterocycles. The van der Waals surface area contributed by atoms with Crippen molar-refractivity contribution in [1.82, 2.24) is 5.32 Å². The van der Waals surface area contributed by atoms with Crippen molar-refractivity contribution in [3.8, 4) is 17.6 Å². The first kappa shape index (κ1) is 24.3. The highest BCUT2D eigenvalue weighted by Crippen LogP contribution is 2.19. The smallest absolute Gasteiger partial charge is 0.311 e. The van der Waals surface area contributed by atoms with Crippen LogP contribution in [0.4, 0.5) is 0 Å². The number of ether oxygens (including phenoxy) is 2. The number of furan rings is 1. The second-order valence-corrected chi connectivity index (χ2v) is 7.70. The minimum Gasteiger partial charge on any atom is -0.493 e. The van der Waals surface area contributed by atoms with Gasteiger partial charge in [0.25, 0.3) is 5.91 Å². The van der Waals surface area contributed by atoms with Crippen LogP contribution in [0.5, 0.6) is 11.5 Å². The van der Waals surface area contributed by atoms with Crippen LogP contribution in [0.25, 0.3) is 6.08 Å². The molecule has 3 rings (SSSR count). The number of esters is 1. The van der Waals surface area contributed by atoms with Crippen LogP contribution in [0.1, 0.15) is 35.3 Å². The Labute approximate surface area is 198 Å². The van der Waals surface area contributed by atoms with Crippen molar-refractivity contribution < 1.29 is 23.5 Å². The van der Waals surface area contributed by atoms with E-state index in [0.717, 1.165) is 11.3 Å². The van der Waals surface area contributed by atoms with E-state index in [2.05, 4.69) is 11.4 Å². The van der Waals surface area contributed by atoms with Gasteiger partial charge in [-0.1, -0.05) is 29.8 Å². The standard InChI is InChI=1S/C27H26N2O5/c1-19-7-12-25(20(2)15-19)33-14-4-6-26(30)34-23-10-8-21(9-11-23)16-22(17-28)27(31)29-18-24-5-3-13-32-24/h3,5,7-13,15-16H,4,6,14,18H2,1-2H3,(H,29,31)/b22-16+. The quantitative estimate of drug-likeness (QED) is 0.153. The SMILES string of the molecule is Cc1ccc(OCCCC(=O)Oc2ccc(/C=C(\C#N)C(=O)NCc3ccco3)cc2)c(C)c1. The lowest BCUT2D eigenvalue weighted by Crippen LogP contribution is -2.23. The van der Waals surface area contributed by atoms with Crippen LogP contribution in [-0.4, -0.2) is 18.5 Å². The molecule has 174 valence electrons. The van der Waals surface area contributed by atoms with E-state index in [4.69, 9.17) is 13.9 Å². The molecule has 0 saturated carbocycles. The van der Waals surface area contributed by atoms with Gasteiger partial charge in [0.05, 0.1) is 19.4 Å². The van der Waals surface area contributed by atoms with Crippen molar-refractivity contribution in [3.63, 3.8) is 0 Å². The van der Waals surface area contributed by atoms with Crippen molar-refractivity contribution in [2.45, 2.75) is 33.2 Å². The molecule has 0 aliphatic carbocycles. The van der Waals surface area contributed by atoms with Crippen LogP contribution < -0.4 is 14.8 Å². The number of benzene rings is 2. The second kappa shape index (κ2) is 12.1. The lowest BCUT2D eigenvalue weighted by molar-refractivity contribution is -0.134. The molecule has 3 aromatic rings. The number of aryl methyl sites for hydroxylation is 2. The van der Waals surface area contributed by atoms with Crippen molar-refractivity contribution in [1.29, 1.82) is 5.26 Å². The minimum absolute atomic E-state index is 0.0416. The highest BCUT2D eigenvalue weighted by atomic mass is 16.5. The number of rotatable bonds is 10. The number of carbonyl (C=O) groups is 2. The van der Waals surface area contributed by atoms with Crippen LogP contribution in [0.2, 0.25) is 0 Å². The van der Waals surface area contributed by atoms with Crippen LogP contribution >= 0.6 is 0 Å². The lowest BCUT2D eigenvalue weighted by Gasteiger charge is -2.09. The monoisotopic (exact) mass is 458 g/mol. The van der Waals surface area contributed by atoms with Crippen molar-refractivity contribution in [3.05, 3.63) is 88.9 Å². The molecule has 0 bridgehead atoms. The van der Waals surface area contributed by atoms with Gasteiger partial charge in [-0.05, 0) is 67.8 Å². The molecule has 0 atom stereocenters. The molecule has 7 heteroatoms. The summed E-state index contributed by atoms with van der Waals surface area (Å²) >= 11 is 0. The summed E-state index contributed by atoms with van der Waals surface area (Å²) in [6.07, 6.45) is 3.73. The molecule has 0 unspecified atom stereocenters. The number of carbonyl (C=O) groups excluding carboxylic acids is 2. The normalized spacial score (nSPS) is 10.9. The average Bonchev–Trinajstić information content (AvgIpc) is 3.34. The highest BCUT2D eigenvalue weighted by molar-refractivity contribution is 6.01. The lowest BCUT2D eigenvalue weighted by atomic mass is 10.1. The molecule has 0 aliphatic rings. The molecule has 2 aromatic carbocycles. The van der Waals surface area contributed by atoms with Crippen LogP contribution in [-0.2, 0) is 16.1 Å². The van der Waals surface area contributed by atoms with Gasteiger partial charge >= 0.3 is 5.97 Å². The Balaban J connectivity index is 1.45. The number of hydrogen-bond donors (Lipinski definition) is 1. The van der Waals surface area contributed by atoms with E-state index < -0.39 is 5.91 Å². The first-order valence-electron chi connectivity index (χ1n) is 10.9. The van der Waals surface area contributed by atoms with Gasteiger partial charge in [0.15, 0.2) is 0 Å². The third-order valence-corrected chi connectivity index (χ3v) is 4.90. The second-order valence-electron chi connectivity index (χ2n) is 7.70. The van der Waals surface area contributed by atoms with Crippen molar-refractivity contribution in [2.75, 3.05) is 6.61 Å². The summed E-state index contributed by atoms with van der Waals surface area (Å²) in [5.41, 5.74) is 2.82. The Hall–Kier alpha value is -4.31.